The molecule has 0 amide bonds. The first-order chi connectivity index (χ1) is 12.3. The van der Waals surface area contributed by atoms with Gasteiger partial charge in [0.2, 0.25) is 10.0 Å². The number of nitrogens with zero attached hydrogens (tertiary/aromatic N) is 2. The SMILES string of the molecule is CS(=O)(=O)c1cc(CNS(=O)(=O)C2CC=CS2)nc(-c2ccccn2)c1. The van der Waals surface area contributed by atoms with Crippen molar-refractivity contribution in [3.63, 3.8) is 0 Å². The van der Waals surface area contributed by atoms with Gasteiger partial charge < -0.3 is 0 Å². The van der Waals surface area contributed by atoms with Crippen molar-refractivity contribution in [1.29, 1.82) is 0 Å². The number of hydrogen-bond donors (Lipinski definition) is 1. The molecule has 10 heteroatoms. The zero-order valence-corrected chi connectivity index (χ0v) is 16.3. The van der Waals surface area contributed by atoms with E-state index in [1.807, 2.05) is 0 Å². The quantitative estimate of drug-likeness (QED) is 0.774. The molecular formula is C16H17N3O4S3. The summed E-state index contributed by atoms with van der Waals surface area (Å²) < 4.78 is 50.5. The third-order valence-corrected chi connectivity index (χ3v) is 8.13. The molecule has 0 aromatic carbocycles. The zero-order chi connectivity index (χ0) is 18.8. The van der Waals surface area contributed by atoms with Crippen LogP contribution in [0.1, 0.15) is 12.1 Å². The normalized spacial score (nSPS) is 17.5. The van der Waals surface area contributed by atoms with E-state index < -0.39 is 24.4 Å². The lowest BCUT2D eigenvalue weighted by molar-refractivity contribution is 0.577. The Kier molecular flexibility index (Phi) is 5.47. The molecule has 3 rings (SSSR count). The van der Waals surface area contributed by atoms with Crippen LogP contribution in [0, 0.1) is 0 Å². The Morgan fingerprint density at radius 2 is 2.00 bits per heavy atom. The molecule has 0 aliphatic carbocycles. The summed E-state index contributed by atoms with van der Waals surface area (Å²) >= 11 is 1.23. The molecule has 7 nitrogen and oxygen atoms in total. The summed E-state index contributed by atoms with van der Waals surface area (Å²) in [5.74, 6) is 0. The van der Waals surface area contributed by atoms with Crippen molar-refractivity contribution in [2.45, 2.75) is 22.4 Å². The largest absolute Gasteiger partial charge is 0.255 e. The highest BCUT2D eigenvalue weighted by molar-refractivity contribution is 8.14. The van der Waals surface area contributed by atoms with Crippen LogP contribution >= 0.6 is 11.8 Å². The van der Waals surface area contributed by atoms with E-state index in [0.29, 0.717) is 23.5 Å². The molecule has 0 radical (unpaired) electrons. The number of hydrogen-bond acceptors (Lipinski definition) is 7. The van der Waals surface area contributed by atoms with Crippen molar-refractivity contribution in [1.82, 2.24) is 14.7 Å². The van der Waals surface area contributed by atoms with Crippen molar-refractivity contribution < 1.29 is 16.8 Å². The molecule has 3 heterocycles. The first kappa shape index (κ1) is 19.0. The summed E-state index contributed by atoms with van der Waals surface area (Å²) in [5.41, 5.74) is 1.20. The second kappa shape index (κ2) is 7.47. The van der Waals surface area contributed by atoms with Gasteiger partial charge in [-0.05, 0) is 36.1 Å². The second-order valence-corrected chi connectivity index (χ2v) is 11.1. The van der Waals surface area contributed by atoms with Crippen LogP contribution in [0.2, 0.25) is 0 Å². The molecular weight excluding hydrogens is 394 g/mol. The molecule has 2 aromatic rings. The van der Waals surface area contributed by atoms with E-state index in [1.165, 1.54) is 23.9 Å². The van der Waals surface area contributed by atoms with Crippen molar-refractivity contribution in [2.24, 2.45) is 0 Å². The van der Waals surface area contributed by atoms with Gasteiger partial charge in [-0.2, -0.15) is 0 Å². The summed E-state index contributed by atoms with van der Waals surface area (Å²) in [4.78, 5) is 8.62. The molecule has 1 atom stereocenters. The number of allylic oxidation sites excluding steroid dienone is 1. The number of sulfonamides is 1. The summed E-state index contributed by atoms with van der Waals surface area (Å²) in [6, 6.07) is 8.04. The van der Waals surface area contributed by atoms with Crippen molar-refractivity contribution >= 4 is 31.6 Å². The Bertz CT molecular complexity index is 1030. The van der Waals surface area contributed by atoms with Gasteiger partial charge in [-0.3, -0.25) is 4.98 Å². The van der Waals surface area contributed by atoms with Crippen LogP contribution < -0.4 is 4.72 Å². The molecule has 1 aliphatic heterocycles. The summed E-state index contributed by atoms with van der Waals surface area (Å²) in [7, 11) is -7.02. The number of pyridine rings is 2. The summed E-state index contributed by atoms with van der Waals surface area (Å²) in [6.07, 6.45) is 4.92. The predicted octanol–water partition coefficient (Wildman–Crippen LogP) is 1.94. The van der Waals surface area contributed by atoms with Crippen LogP contribution in [0.4, 0.5) is 0 Å². The minimum absolute atomic E-state index is 0.0688. The van der Waals surface area contributed by atoms with E-state index in [9.17, 15) is 16.8 Å². The predicted molar refractivity (Wildman–Crippen MR) is 101 cm³/mol. The highest BCUT2D eigenvalue weighted by atomic mass is 32.3. The molecule has 138 valence electrons. The topological polar surface area (TPSA) is 106 Å². The van der Waals surface area contributed by atoms with Crippen LogP contribution in [0.5, 0.6) is 0 Å². The van der Waals surface area contributed by atoms with Crippen molar-refractivity contribution in [2.75, 3.05) is 6.26 Å². The van der Waals surface area contributed by atoms with Crippen LogP contribution in [0.25, 0.3) is 11.4 Å². The highest BCUT2D eigenvalue weighted by Crippen LogP contribution is 2.28. The average molecular weight is 412 g/mol. The minimum Gasteiger partial charge on any atom is -0.255 e. The van der Waals surface area contributed by atoms with E-state index >= 15 is 0 Å². The third kappa shape index (κ3) is 4.50. The maximum absolute atomic E-state index is 12.3. The fourth-order valence-corrected chi connectivity index (χ4v) is 5.52. The fourth-order valence-electron chi connectivity index (χ4n) is 2.34. The van der Waals surface area contributed by atoms with Gasteiger partial charge in [0.05, 0.1) is 28.5 Å². The molecule has 2 aromatic heterocycles. The van der Waals surface area contributed by atoms with Gasteiger partial charge in [0.15, 0.2) is 9.84 Å². The number of nitrogens with one attached hydrogen (secondary N) is 1. The Morgan fingerprint density at radius 1 is 1.19 bits per heavy atom. The average Bonchev–Trinajstić information content (AvgIpc) is 3.15. The van der Waals surface area contributed by atoms with Crippen LogP contribution in [-0.4, -0.2) is 37.6 Å². The van der Waals surface area contributed by atoms with E-state index in [4.69, 9.17) is 0 Å². The van der Waals surface area contributed by atoms with Gasteiger partial charge >= 0.3 is 0 Å². The van der Waals surface area contributed by atoms with Crippen molar-refractivity contribution in [3.8, 4) is 11.4 Å². The number of thioether (sulfide) groups is 1. The molecule has 1 unspecified atom stereocenters. The number of sulfone groups is 1. The van der Waals surface area contributed by atoms with E-state index in [1.54, 1.807) is 35.9 Å². The van der Waals surface area contributed by atoms with Gasteiger partial charge in [0, 0.05) is 12.5 Å². The second-order valence-electron chi connectivity index (χ2n) is 5.71. The molecule has 0 saturated heterocycles. The maximum atomic E-state index is 12.3. The molecule has 1 N–H and O–H groups in total. The Hall–Kier alpha value is -1.75. The van der Waals surface area contributed by atoms with Gasteiger partial charge in [-0.25, -0.2) is 26.5 Å². The van der Waals surface area contributed by atoms with Gasteiger partial charge in [0.25, 0.3) is 0 Å². The lowest BCUT2D eigenvalue weighted by Crippen LogP contribution is -2.31. The highest BCUT2D eigenvalue weighted by Gasteiger charge is 2.26. The van der Waals surface area contributed by atoms with E-state index in [-0.39, 0.29) is 11.4 Å². The molecule has 0 spiro atoms. The maximum Gasteiger partial charge on any atom is 0.224 e. The minimum atomic E-state index is -3.54. The molecule has 0 saturated carbocycles. The zero-order valence-electron chi connectivity index (χ0n) is 13.9. The summed E-state index contributed by atoms with van der Waals surface area (Å²) in [5, 5.41) is 1.76. The Morgan fingerprint density at radius 3 is 2.62 bits per heavy atom. The lowest BCUT2D eigenvalue weighted by Gasteiger charge is -2.13. The van der Waals surface area contributed by atoms with E-state index in [0.717, 1.165) is 6.26 Å². The molecule has 1 aliphatic rings. The fraction of sp³-hybridized carbons (Fsp3) is 0.250. The lowest BCUT2D eigenvalue weighted by atomic mass is 10.2. The standard InChI is InChI=1S/C16H17N3O4S3/c1-25(20,21)13-9-12(11-18-26(22,23)16-6-4-8-24-16)19-15(10-13)14-5-2-3-7-17-14/h2-5,7-10,16,18H,6,11H2,1H3. The monoisotopic (exact) mass is 411 g/mol. The van der Waals surface area contributed by atoms with Gasteiger partial charge in [-0.1, -0.05) is 12.1 Å². The molecule has 0 bridgehead atoms. The number of aromatic nitrogens is 2. The van der Waals surface area contributed by atoms with Gasteiger partial charge in [0.1, 0.15) is 4.58 Å². The smallest absolute Gasteiger partial charge is 0.224 e. The summed E-state index contributed by atoms with van der Waals surface area (Å²) in [6.45, 7) is -0.0947. The first-order valence-corrected chi connectivity index (χ1v) is 12.1. The van der Waals surface area contributed by atoms with Gasteiger partial charge in [-0.15, -0.1) is 11.8 Å². The Labute approximate surface area is 156 Å². The van der Waals surface area contributed by atoms with Crippen LogP contribution in [-0.2, 0) is 26.4 Å². The molecule has 0 fully saturated rings. The first-order valence-electron chi connectivity index (χ1n) is 7.67. The molecule has 26 heavy (non-hydrogen) atoms. The van der Waals surface area contributed by atoms with Crippen LogP contribution in [0.15, 0.2) is 52.9 Å². The third-order valence-electron chi connectivity index (χ3n) is 3.66. The van der Waals surface area contributed by atoms with E-state index in [2.05, 4.69) is 14.7 Å². The van der Waals surface area contributed by atoms with Crippen molar-refractivity contribution in [3.05, 3.63) is 53.7 Å². The number of rotatable bonds is 6. The Balaban J connectivity index is 1.91. The van der Waals surface area contributed by atoms with Crippen LogP contribution in [0.3, 0.4) is 0 Å².